The highest BCUT2D eigenvalue weighted by Crippen LogP contribution is 2.22. The van der Waals surface area contributed by atoms with Crippen LogP contribution >= 0.6 is 15.9 Å². The molecule has 2 aromatic rings. The summed E-state index contributed by atoms with van der Waals surface area (Å²) >= 11 is 3.56. The van der Waals surface area contributed by atoms with Gasteiger partial charge in [0, 0.05) is 11.0 Å². The lowest BCUT2D eigenvalue weighted by Gasteiger charge is -2.09. The van der Waals surface area contributed by atoms with Gasteiger partial charge in [-0.15, -0.1) is 5.10 Å². The lowest BCUT2D eigenvalue weighted by Crippen LogP contribution is -2.17. The molecule has 0 spiro atoms. The van der Waals surface area contributed by atoms with Crippen molar-refractivity contribution in [3.8, 4) is 5.69 Å². The van der Waals surface area contributed by atoms with Gasteiger partial charge >= 0.3 is 0 Å². The van der Waals surface area contributed by atoms with E-state index in [0.717, 1.165) is 35.4 Å². The highest BCUT2D eigenvalue weighted by molar-refractivity contribution is 9.10. The molecule has 0 saturated heterocycles. The van der Waals surface area contributed by atoms with Crippen LogP contribution in [0.5, 0.6) is 0 Å². The number of halogens is 1. The van der Waals surface area contributed by atoms with Gasteiger partial charge in [-0.25, -0.2) is 4.68 Å². The Labute approximate surface area is 116 Å². The highest BCUT2D eigenvalue weighted by atomic mass is 79.9. The first-order chi connectivity index (χ1) is 8.72. The average molecular weight is 309 g/mol. The summed E-state index contributed by atoms with van der Waals surface area (Å²) in [5.41, 5.74) is 3.30. The van der Waals surface area contributed by atoms with Crippen LogP contribution in [0.1, 0.15) is 24.6 Å². The maximum absolute atomic E-state index is 4.16. The van der Waals surface area contributed by atoms with Gasteiger partial charge in [0.25, 0.3) is 0 Å². The zero-order valence-electron chi connectivity index (χ0n) is 10.7. The van der Waals surface area contributed by atoms with Crippen molar-refractivity contribution in [2.75, 3.05) is 6.54 Å². The molecule has 0 fully saturated rings. The number of aryl methyl sites for hydroxylation is 1. The minimum atomic E-state index is 0.779. The van der Waals surface area contributed by atoms with Gasteiger partial charge in [0.2, 0.25) is 0 Å². The summed E-state index contributed by atoms with van der Waals surface area (Å²) in [5.74, 6) is 0. The van der Waals surface area contributed by atoms with Crippen molar-refractivity contribution in [3.63, 3.8) is 0 Å². The molecule has 1 N–H and O–H groups in total. The number of benzene rings is 1. The van der Waals surface area contributed by atoms with Crippen LogP contribution in [0.2, 0.25) is 0 Å². The van der Waals surface area contributed by atoms with Crippen molar-refractivity contribution in [1.29, 1.82) is 0 Å². The number of nitrogens with one attached hydrogen (secondary N) is 1. The quantitative estimate of drug-likeness (QED) is 0.864. The second-order valence-electron chi connectivity index (χ2n) is 4.27. The number of hydrogen-bond acceptors (Lipinski definition) is 3. The van der Waals surface area contributed by atoms with Crippen LogP contribution in [0.3, 0.4) is 0 Å². The third kappa shape index (κ3) is 2.97. The highest BCUT2D eigenvalue weighted by Gasteiger charge is 2.09. The molecule has 0 saturated carbocycles. The standard InChI is InChI=1S/C13H17BrN4/c1-3-6-15-8-11-9-16-17-18(11)13-7-10(2)4-5-12(13)14/h4-5,7,9,15H,3,6,8H2,1-2H3. The Kier molecular flexibility index (Phi) is 4.49. The van der Waals surface area contributed by atoms with Gasteiger partial charge in [-0.1, -0.05) is 18.2 Å². The Balaban J connectivity index is 2.27. The third-order valence-corrected chi connectivity index (χ3v) is 3.35. The van der Waals surface area contributed by atoms with Crippen molar-refractivity contribution in [2.24, 2.45) is 0 Å². The Hall–Kier alpha value is -1.20. The van der Waals surface area contributed by atoms with Gasteiger partial charge in [-0.3, -0.25) is 0 Å². The van der Waals surface area contributed by atoms with E-state index in [0.29, 0.717) is 0 Å². The molecule has 0 amide bonds. The first-order valence-corrected chi connectivity index (χ1v) is 6.88. The van der Waals surface area contributed by atoms with Crippen LogP contribution < -0.4 is 5.32 Å². The molecule has 2 rings (SSSR count). The summed E-state index contributed by atoms with van der Waals surface area (Å²) in [6.45, 7) is 6.00. The van der Waals surface area contributed by atoms with Gasteiger partial charge in [0.05, 0.1) is 17.6 Å². The molecule has 1 heterocycles. The molecule has 18 heavy (non-hydrogen) atoms. The lowest BCUT2D eigenvalue weighted by atomic mass is 10.2. The predicted octanol–water partition coefficient (Wildman–Crippen LogP) is 2.84. The molecule has 0 radical (unpaired) electrons. The fourth-order valence-electron chi connectivity index (χ4n) is 1.76. The number of hydrogen-bond donors (Lipinski definition) is 1. The molecule has 96 valence electrons. The molecule has 0 unspecified atom stereocenters. The monoisotopic (exact) mass is 308 g/mol. The van der Waals surface area contributed by atoms with Crippen molar-refractivity contribution in [1.82, 2.24) is 20.3 Å². The van der Waals surface area contributed by atoms with E-state index in [1.54, 1.807) is 6.20 Å². The molecule has 0 aliphatic carbocycles. The zero-order valence-corrected chi connectivity index (χ0v) is 12.2. The van der Waals surface area contributed by atoms with E-state index in [1.807, 2.05) is 10.7 Å². The molecule has 0 aliphatic heterocycles. The predicted molar refractivity (Wildman–Crippen MR) is 75.8 cm³/mol. The van der Waals surface area contributed by atoms with Crippen LogP contribution in [-0.2, 0) is 6.54 Å². The number of aromatic nitrogens is 3. The Morgan fingerprint density at radius 1 is 1.39 bits per heavy atom. The van der Waals surface area contributed by atoms with Crippen molar-refractivity contribution in [2.45, 2.75) is 26.8 Å². The van der Waals surface area contributed by atoms with Gasteiger partial charge in [-0.05, 0) is 53.5 Å². The minimum absolute atomic E-state index is 0.779. The second-order valence-corrected chi connectivity index (χ2v) is 5.12. The SMILES string of the molecule is CCCNCc1cnnn1-c1cc(C)ccc1Br. The molecule has 1 aromatic carbocycles. The van der Waals surface area contributed by atoms with E-state index in [4.69, 9.17) is 0 Å². The zero-order chi connectivity index (χ0) is 13.0. The van der Waals surface area contributed by atoms with Gasteiger partial charge < -0.3 is 5.32 Å². The average Bonchev–Trinajstić information content (AvgIpc) is 2.81. The van der Waals surface area contributed by atoms with Crippen LogP contribution in [-0.4, -0.2) is 21.5 Å². The number of rotatable bonds is 5. The largest absolute Gasteiger partial charge is 0.311 e. The molecule has 4 nitrogen and oxygen atoms in total. The van der Waals surface area contributed by atoms with Crippen LogP contribution in [0.4, 0.5) is 0 Å². The van der Waals surface area contributed by atoms with Crippen LogP contribution in [0, 0.1) is 6.92 Å². The summed E-state index contributed by atoms with van der Waals surface area (Å²) in [5, 5.41) is 11.5. The fourth-order valence-corrected chi connectivity index (χ4v) is 2.17. The van der Waals surface area contributed by atoms with Crippen molar-refractivity contribution in [3.05, 3.63) is 40.1 Å². The summed E-state index contributed by atoms with van der Waals surface area (Å²) in [7, 11) is 0. The van der Waals surface area contributed by atoms with E-state index >= 15 is 0 Å². The molecule has 1 aromatic heterocycles. The van der Waals surface area contributed by atoms with Crippen molar-refractivity contribution >= 4 is 15.9 Å². The summed E-state index contributed by atoms with van der Waals surface area (Å²) in [4.78, 5) is 0. The first-order valence-electron chi connectivity index (χ1n) is 6.09. The summed E-state index contributed by atoms with van der Waals surface area (Å²) in [6.07, 6.45) is 2.92. The first kappa shape index (κ1) is 13.2. The van der Waals surface area contributed by atoms with Crippen LogP contribution in [0.15, 0.2) is 28.9 Å². The molecular weight excluding hydrogens is 292 g/mol. The van der Waals surface area contributed by atoms with Gasteiger partial charge in [0.15, 0.2) is 0 Å². The third-order valence-electron chi connectivity index (χ3n) is 2.68. The van der Waals surface area contributed by atoms with Gasteiger partial charge in [0.1, 0.15) is 0 Å². The van der Waals surface area contributed by atoms with E-state index in [1.165, 1.54) is 5.56 Å². The maximum Gasteiger partial charge on any atom is 0.0811 e. The normalized spacial score (nSPS) is 10.8. The molecule has 5 heteroatoms. The Morgan fingerprint density at radius 2 is 2.22 bits per heavy atom. The Morgan fingerprint density at radius 3 is 3.00 bits per heavy atom. The second kappa shape index (κ2) is 6.11. The molecular formula is C13H17BrN4. The van der Waals surface area contributed by atoms with Crippen LogP contribution in [0.25, 0.3) is 5.69 Å². The van der Waals surface area contributed by atoms with E-state index < -0.39 is 0 Å². The van der Waals surface area contributed by atoms with E-state index in [2.05, 4.69) is 57.5 Å². The molecule has 0 aliphatic rings. The number of nitrogens with zero attached hydrogens (tertiary/aromatic N) is 3. The van der Waals surface area contributed by atoms with Crippen molar-refractivity contribution < 1.29 is 0 Å². The fraction of sp³-hybridized carbons (Fsp3) is 0.385. The van der Waals surface area contributed by atoms with E-state index in [9.17, 15) is 0 Å². The maximum atomic E-state index is 4.16. The Bertz CT molecular complexity index is 521. The van der Waals surface area contributed by atoms with E-state index in [-0.39, 0.29) is 0 Å². The summed E-state index contributed by atoms with van der Waals surface area (Å²) in [6, 6.07) is 6.21. The molecule has 0 bridgehead atoms. The minimum Gasteiger partial charge on any atom is -0.311 e. The topological polar surface area (TPSA) is 42.7 Å². The van der Waals surface area contributed by atoms with Gasteiger partial charge in [-0.2, -0.15) is 0 Å². The lowest BCUT2D eigenvalue weighted by molar-refractivity contribution is 0.640. The smallest absolute Gasteiger partial charge is 0.0811 e. The molecule has 0 atom stereocenters. The summed E-state index contributed by atoms with van der Waals surface area (Å²) < 4.78 is 2.90.